The molecule has 0 unspecified atom stereocenters. The Morgan fingerprint density at radius 2 is 1.50 bits per heavy atom. The number of nitrogen functional groups attached to an aromatic ring is 1. The highest BCUT2D eigenvalue weighted by atomic mass is 15.0. The summed E-state index contributed by atoms with van der Waals surface area (Å²) in [5.41, 5.74) is 17.0. The molecular formula is C29H41N5. The second-order valence-electron chi connectivity index (χ2n) is 7.88. The smallest absolute Gasteiger partial charge is 0.147 e. The van der Waals surface area contributed by atoms with E-state index in [4.69, 9.17) is 11.5 Å². The van der Waals surface area contributed by atoms with E-state index in [2.05, 4.69) is 78.7 Å². The Hall–Kier alpha value is -3.33. The van der Waals surface area contributed by atoms with Crippen LogP contribution >= 0.6 is 0 Å². The third kappa shape index (κ3) is 11.0. The van der Waals surface area contributed by atoms with Crippen molar-refractivity contribution in [3.63, 3.8) is 0 Å². The number of nitrogens with zero attached hydrogens (tertiary/aromatic N) is 1. The Labute approximate surface area is 206 Å². The highest BCUT2D eigenvalue weighted by molar-refractivity contribution is 5.73. The number of hydrogen-bond donors (Lipinski definition) is 4. The Morgan fingerprint density at radius 3 is 2.12 bits per heavy atom. The lowest BCUT2D eigenvalue weighted by atomic mass is 10.0. The van der Waals surface area contributed by atoms with Gasteiger partial charge in [0, 0.05) is 18.4 Å². The molecule has 2 aromatic carbocycles. The van der Waals surface area contributed by atoms with Crippen LogP contribution < -0.4 is 22.1 Å². The average Bonchev–Trinajstić information content (AvgIpc) is 2.88. The number of hydrogen-bond acceptors (Lipinski definition) is 5. The molecule has 0 amide bonds. The minimum absolute atomic E-state index is 0.418. The summed E-state index contributed by atoms with van der Waals surface area (Å²) in [6.45, 7) is 7.25. The second kappa shape index (κ2) is 18.1. The van der Waals surface area contributed by atoms with Crippen LogP contribution in [0.1, 0.15) is 56.2 Å². The van der Waals surface area contributed by atoms with Gasteiger partial charge in [0.25, 0.3) is 0 Å². The molecule has 0 saturated carbocycles. The maximum absolute atomic E-state index is 5.95. The zero-order valence-electron chi connectivity index (χ0n) is 20.8. The van der Waals surface area contributed by atoms with E-state index >= 15 is 0 Å². The zero-order valence-corrected chi connectivity index (χ0v) is 20.8. The van der Waals surface area contributed by atoms with Crippen LogP contribution in [0.25, 0.3) is 0 Å². The molecule has 5 nitrogen and oxygen atoms in total. The summed E-state index contributed by atoms with van der Waals surface area (Å²) in [7, 11) is 0. The monoisotopic (exact) mass is 459 g/mol. The number of pyridine rings is 1. The van der Waals surface area contributed by atoms with Gasteiger partial charge in [0.15, 0.2) is 0 Å². The zero-order chi connectivity index (χ0) is 25.0. The van der Waals surface area contributed by atoms with Crippen molar-refractivity contribution in [2.24, 2.45) is 5.73 Å². The third-order valence-electron chi connectivity index (χ3n) is 5.14. The van der Waals surface area contributed by atoms with Crippen molar-refractivity contribution in [3.8, 4) is 12.8 Å². The van der Waals surface area contributed by atoms with Crippen LogP contribution in [-0.2, 0) is 13.0 Å². The van der Waals surface area contributed by atoms with Gasteiger partial charge in [0.05, 0.1) is 5.69 Å². The molecule has 6 N–H and O–H groups in total. The summed E-state index contributed by atoms with van der Waals surface area (Å²) in [4.78, 5) is 4.12. The van der Waals surface area contributed by atoms with E-state index in [1.807, 2.05) is 24.3 Å². The van der Waals surface area contributed by atoms with Gasteiger partial charge >= 0.3 is 0 Å². The first-order chi connectivity index (χ1) is 16.7. The van der Waals surface area contributed by atoms with Crippen LogP contribution in [-0.4, -0.2) is 18.1 Å². The lowest BCUT2D eigenvalue weighted by Gasteiger charge is -2.13. The Balaban J connectivity index is 0.000000446. The first kappa shape index (κ1) is 28.7. The first-order valence-electron chi connectivity index (χ1n) is 12.0. The lowest BCUT2D eigenvalue weighted by molar-refractivity contribution is 0.611. The number of terminal acetylenes is 1. The largest absolute Gasteiger partial charge is 0.382 e. The standard InChI is InChI=1S/C19H20N4.C8H19N.C2H2/c20-13-16-10-11-22-19(21)18(16)23-17-8-6-15(7-9-17)12-14-4-2-1-3-5-14;1-3-5-6-8-9-7-4-2;1-2/h1-11,23H,12-13,20H2,(H2,21,22);9H,3-8H2,1-2H3;1-2H. The van der Waals surface area contributed by atoms with Crippen molar-refractivity contribution in [2.75, 3.05) is 24.1 Å². The molecule has 182 valence electrons. The Bertz CT molecular complexity index is 914. The summed E-state index contributed by atoms with van der Waals surface area (Å²) in [6, 6.07) is 20.6. The number of anilines is 3. The quantitative estimate of drug-likeness (QED) is 0.212. The van der Waals surface area contributed by atoms with E-state index in [9.17, 15) is 0 Å². The van der Waals surface area contributed by atoms with Crippen LogP contribution in [0.4, 0.5) is 17.2 Å². The molecule has 0 radical (unpaired) electrons. The molecule has 0 aliphatic carbocycles. The maximum Gasteiger partial charge on any atom is 0.147 e. The molecule has 0 aliphatic heterocycles. The predicted molar refractivity (Wildman–Crippen MR) is 148 cm³/mol. The van der Waals surface area contributed by atoms with Gasteiger partial charge < -0.3 is 22.1 Å². The SMILES string of the molecule is C#C.CCCCCNCCC.NCc1ccnc(N)c1Nc1ccc(Cc2ccccc2)cc1. The molecule has 5 heteroatoms. The fraction of sp³-hybridized carbons (Fsp3) is 0.345. The van der Waals surface area contributed by atoms with Crippen molar-refractivity contribution in [1.82, 2.24) is 10.3 Å². The van der Waals surface area contributed by atoms with E-state index in [1.165, 1.54) is 49.9 Å². The van der Waals surface area contributed by atoms with E-state index < -0.39 is 0 Å². The molecule has 34 heavy (non-hydrogen) atoms. The molecule has 3 rings (SSSR count). The van der Waals surface area contributed by atoms with E-state index in [0.717, 1.165) is 23.4 Å². The molecule has 3 aromatic rings. The summed E-state index contributed by atoms with van der Waals surface area (Å²) in [5.74, 6) is 0.460. The molecule has 0 saturated heterocycles. The normalized spacial score (nSPS) is 9.79. The van der Waals surface area contributed by atoms with Gasteiger partial charge in [-0.3, -0.25) is 0 Å². The van der Waals surface area contributed by atoms with Crippen molar-refractivity contribution in [2.45, 2.75) is 52.5 Å². The van der Waals surface area contributed by atoms with Crippen LogP contribution in [0, 0.1) is 12.8 Å². The molecular weight excluding hydrogens is 418 g/mol. The summed E-state index contributed by atoms with van der Waals surface area (Å²) >= 11 is 0. The van der Waals surface area contributed by atoms with Crippen molar-refractivity contribution in [3.05, 3.63) is 83.6 Å². The lowest BCUT2D eigenvalue weighted by Crippen LogP contribution is -2.15. The van der Waals surface area contributed by atoms with Gasteiger partial charge in [-0.15, -0.1) is 12.8 Å². The fourth-order valence-corrected chi connectivity index (χ4v) is 3.32. The highest BCUT2D eigenvalue weighted by Crippen LogP contribution is 2.25. The molecule has 0 atom stereocenters. The summed E-state index contributed by atoms with van der Waals surface area (Å²) in [6.07, 6.45) is 15.9. The highest BCUT2D eigenvalue weighted by Gasteiger charge is 2.06. The second-order valence-corrected chi connectivity index (χ2v) is 7.88. The van der Waals surface area contributed by atoms with Crippen LogP contribution in [0.5, 0.6) is 0 Å². The van der Waals surface area contributed by atoms with Crippen LogP contribution in [0.3, 0.4) is 0 Å². The van der Waals surface area contributed by atoms with E-state index in [0.29, 0.717) is 12.4 Å². The first-order valence-corrected chi connectivity index (χ1v) is 12.0. The molecule has 0 fully saturated rings. The van der Waals surface area contributed by atoms with Gasteiger partial charge in [-0.05, 0) is 67.2 Å². The topological polar surface area (TPSA) is 89.0 Å². The molecule has 0 spiro atoms. The molecule has 1 aromatic heterocycles. The van der Waals surface area contributed by atoms with E-state index in [1.54, 1.807) is 6.20 Å². The third-order valence-corrected chi connectivity index (χ3v) is 5.14. The minimum Gasteiger partial charge on any atom is -0.382 e. The average molecular weight is 460 g/mol. The Kier molecular flexibility index (Phi) is 15.3. The van der Waals surface area contributed by atoms with Crippen molar-refractivity contribution >= 4 is 17.2 Å². The van der Waals surface area contributed by atoms with Gasteiger partial charge in [-0.25, -0.2) is 4.98 Å². The van der Waals surface area contributed by atoms with Gasteiger partial charge in [-0.2, -0.15) is 0 Å². The fourth-order valence-electron chi connectivity index (χ4n) is 3.32. The van der Waals surface area contributed by atoms with Crippen LogP contribution in [0.2, 0.25) is 0 Å². The van der Waals surface area contributed by atoms with Crippen molar-refractivity contribution in [1.29, 1.82) is 0 Å². The number of aromatic nitrogens is 1. The molecule has 1 heterocycles. The number of rotatable bonds is 11. The number of benzene rings is 2. The minimum atomic E-state index is 0.418. The van der Waals surface area contributed by atoms with Gasteiger partial charge in [0.1, 0.15) is 5.82 Å². The molecule has 0 bridgehead atoms. The Morgan fingerprint density at radius 1 is 0.824 bits per heavy atom. The van der Waals surface area contributed by atoms with Crippen molar-refractivity contribution < 1.29 is 0 Å². The maximum atomic E-state index is 5.95. The van der Waals surface area contributed by atoms with E-state index in [-0.39, 0.29) is 0 Å². The number of nitrogens with two attached hydrogens (primary N) is 2. The summed E-state index contributed by atoms with van der Waals surface area (Å²) < 4.78 is 0. The van der Waals surface area contributed by atoms with Crippen LogP contribution in [0.15, 0.2) is 66.9 Å². The van der Waals surface area contributed by atoms with Gasteiger partial charge in [0.2, 0.25) is 0 Å². The van der Waals surface area contributed by atoms with Gasteiger partial charge in [-0.1, -0.05) is 69.2 Å². The molecule has 0 aliphatic rings. The predicted octanol–water partition coefficient (Wildman–Crippen LogP) is 5.88. The summed E-state index contributed by atoms with van der Waals surface area (Å²) in [5, 5.41) is 6.69. The number of nitrogens with one attached hydrogen (secondary N) is 2. The number of unbranched alkanes of at least 4 members (excludes halogenated alkanes) is 2.